The Bertz CT molecular complexity index is 1710. The van der Waals surface area contributed by atoms with Crippen LogP contribution in [0.25, 0.3) is 0 Å². The van der Waals surface area contributed by atoms with Crippen LogP contribution in [-0.2, 0) is 38.2 Å². The lowest BCUT2D eigenvalue weighted by molar-refractivity contribution is -0.131. The first kappa shape index (κ1) is 29.5. The molecule has 0 spiro atoms. The average molecular weight is 700 g/mol. The number of amides is 3. The fourth-order valence-electron chi connectivity index (χ4n) is 6.45. The van der Waals surface area contributed by atoms with Crippen LogP contribution in [0.5, 0.6) is 0 Å². The first-order valence-corrected chi connectivity index (χ1v) is 16.0. The van der Waals surface area contributed by atoms with Crippen molar-refractivity contribution in [1.29, 1.82) is 0 Å². The fraction of sp³-hybridized carbons (Fsp3) is 0.250. The normalized spacial score (nSPS) is 20.2. The quantitative estimate of drug-likeness (QED) is 0.191. The molecule has 0 aliphatic carbocycles. The summed E-state index contributed by atoms with van der Waals surface area (Å²) in [5.41, 5.74) is 3.75. The topological polar surface area (TPSA) is 57.7 Å². The van der Waals surface area contributed by atoms with Gasteiger partial charge in [-0.15, -0.1) is 0 Å². The summed E-state index contributed by atoms with van der Waals surface area (Å²) in [6.07, 6.45) is 0.246. The molecule has 6 rings (SSSR count). The summed E-state index contributed by atoms with van der Waals surface area (Å²) in [4.78, 5) is 46.1. The third kappa shape index (κ3) is 5.27. The number of benzene rings is 4. The van der Waals surface area contributed by atoms with Crippen molar-refractivity contribution < 1.29 is 14.4 Å². The highest BCUT2D eigenvalue weighted by Crippen LogP contribution is 2.53. The Kier molecular flexibility index (Phi) is 7.68. The van der Waals surface area contributed by atoms with E-state index >= 15 is 0 Å². The Morgan fingerprint density at radius 2 is 1.44 bits per heavy atom. The predicted octanol–water partition coefficient (Wildman–Crippen LogP) is 8.12. The minimum absolute atomic E-state index is 0.0448. The molecule has 218 valence electrons. The highest BCUT2D eigenvalue weighted by atomic mass is 79.9. The molecule has 0 unspecified atom stereocenters. The molecule has 0 radical (unpaired) electrons. The molecule has 0 N–H and O–H groups in total. The molecule has 4 aromatic carbocycles. The second kappa shape index (κ2) is 11.2. The van der Waals surface area contributed by atoms with Gasteiger partial charge in [0, 0.05) is 21.1 Å². The molecular weight excluding hydrogens is 668 g/mol. The maximum absolute atomic E-state index is 14.9. The number of carbonyl (C=O) groups is 3. The largest absolute Gasteiger partial charge is 0.307 e. The average Bonchev–Trinajstić information content (AvgIpc) is 3.40. The van der Waals surface area contributed by atoms with Gasteiger partial charge in [0.2, 0.25) is 17.7 Å². The Morgan fingerprint density at radius 1 is 0.791 bits per heavy atom. The van der Waals surface area contributed by atoms with Gasteiger partial charge in [-0.1, -0.05) is 113 Å². The molecule has 3 amide bonds. The number of rotatable bonds is 6. The molecule has 5 nitrogen and oxygen atoms in total. The molecule has 2 aliphatic heterocycles. The Labute approximate surface area is 269 Å². The van der Waals surface area contributed by atoms with E-state index in [1.54, 1.807) is 4.90 Å². The van der Waals surface area contributed by atoms with Gasteiger partial charge in [-0.05, 0) is 70.5 Å². The highest BCUT2D eigenvalue weighted by molar-refractivity contribution is 9.10. The van der Waals surface area contributed by atoms with E-state index in [0.29, 0.717) is 18.7 Å². The molecule has 0 bridgehead atoms. The zero-order valence-electron chi connectivity index (χ0n) is 24.3. The second-order valence-electron chi connectivity index (χ2n) is 12.4. The van der Waals surface area contributed by atoms with Crippen molar-refractivity contribution in [2.24, 2.45) is 5.92 Å². The van der Waals surface area contributed by atoms with Crippen molar-refractivity contribution in [3.05, 3.63) is 128 Å². The summed E-state index contributed by atoms with van der Waals surface area (Å²) in [5, 5.41) is 0. The van der Waals surface area contributed by atoms with Gasteiger partial charge in [0.15, 0.2) is 0 Å². The molecule has 2 aliphatic rings. The summed E-state index contributed by atoms with van der Waals surface area (Å²) >= 11 is 7.11. The molecule has 4 aromatic rings. The second-order valence-corrected chi connectivity index (χ2v) is 14.3. The summed E-state index contributed by atoms with van der Waals surface area (Å²) in [6, 6.07) is 31.1. The third-order valence-corrected chi connectivity index (χ3v) is 9.69. The fourth-order valence-corrected chi connectivity index (χ4v) is 7.06. The zero-order valence-corrected chi connectivity index (χ0v) is 27.5. The Hall–Kier alpha value is -3.55. The lowest BCUT2D eigenvalue weighted by Crippen LogP contribution is -2.50. The summed E-state index contributed by atoms with van der Waals surface area (Å²) in [7, 11) is 0. The summed E-state index contributed by atoms with van der Waals surface area (Å²) in [6.45, 7) is 6.73. The highest BCUT2D eigenvalue weighted by Gasteiger charge is 2.61. The zero-order chi connectivity index (χ0) is 30.5. The van der Waals surface area contributed by atoms with Crippen LogP contribution < -0.4 is 9.80 Å². The summed E-state index contributed by atoms with van der Waals surface area (Å²) in [5.74, 6) is -1.65. The number of carbonyl (C=O) groups excluding carboxylic acids is 3. The maximum Gasteiger partial charge on any atom is 0.239 e. The molecule has 2 heterocycles. The molecule has 1 fully saturated rings. The van der Waals surface area contributed by atoms with Gasteiger partial charge in [0.25, 0.3) is 0 Å². The van der Waals surface area contributed by atoms with Crippen molar-refractivity contribution in [1.82, 2.24) is 0 Å². The van der Waals surface area contributed by atoms with E-state index in [9.17, 15) is 14.4 Å². The Balaban J connectivity index is 1.48. The Morgan fingerprint density at radius 3 is 2.09 bits per heavy atom. The molecule has 2 atom stereocenters. The van der Waals surface area contributed by atoms with Gasteiger partial charge < -0.3 is 4.90 Å². The minimum Gasteiger partial charge on any atom is -0.307 e. The van der Waals surface area contributed by atoms with Crippen LogP contribution in [0.3, 0.4) is 0 Å². The van der Waals surface area contributed by atoms with Crippen LogP contribution in [0.15, 0.2) is 106 Å². The molecule has 0 saturated carbocycles. The van der Waals surface area contributed by atoms with Gasteiger partial charge in [-0.3, -0.25) is 19.3 Å². The van der Waals surface area contributed by atoms with Gasteiger partial charge >= 0.3 is 0 Å². The van der Waals surface area contributed by atoms with E-state index in [-0.39, 0.29) is 29.6 Å². The van der Waals surface area contributed by atoms with E-state index in [2.05, 4.69) is 52.6 Å². The molecule has 1 saturated heterocycles. The minimum atomic E-state index is -1.26. The van der Waals surface area contributed by atoms with E-state index in [0.717, 1.165) is 36.9 Å². The van der Waals surface area contributed by atoms with Crippen LogP contribution in [0, 0.1) is 5.92 Å². The van der Waals surface area contributed by atoms with Crippen LogP contribution in [0.4, 0.5) is 11.4 Å². The first-order valence-electron chi connectivity index (χ1n) is 14.4. The van der Waals surface area contributed by atoms with Crippen molar-refractivity contribution in [3.8, 4) is 0 Å². The van der Waals surface area contributed by atoms with Crippen LogP contribution in [-0.4, -0.2) is 17.7 Å². The van der Waals surface area contributed by atoms with Gasteiger partial charge in [-0.2, -0.15) is 0 Å². The number of hydrogen-bond donors (Lipinski definition) is 0. The number of nitrogens with zero attached hydrogens (tertiary/aromatic N) is 2. The van der Waals surface area contributed by atoms with Crippen molar-refractivity contribution >= 4 is 61.0 Å². The van der Waals surface area contributed by atoms with Crippen LogP contribution in [0.2, 0.25) is 0 Å². The van der Waals surface area contributed by atoms with Crippen LogP contribution >= 0.6 is 31.9 Å². The van der Waals surface area contributed by atoms with Gasteiger partial charge in [0.05, 0.1) is 23.6 Å². The van der Waals surface area contributed by atoms with Crippen molar-refractivity contribution in [2.75, 3.05) is 9.80 Å². The molecule has 43 heavy (non-hydrogen) atoms. The van der Waals surface area contributed by atoms with Gasteiger partial charge in [0.1, 0.15) is 0 Å². The van der Waals surface area contributed by atoms with E-state index in [1.807, 2.05) is 97.1 Å². The van der Waals surface area contributed by atoms with Crippen molar-refractivity contribution in [2.45, 2.75) is 51.0 Å². The van der Waals surface area contributed by atoms with Crippen LogP contribution in [0.1, 0.15) is 49.4 Å². The van der Waals surface area contributed by atoms with E-state index in [4.69, 9.17) is 0 Å². The maximum atomic E-state index is 14.9. The number of anilines is 2. The number of imide groups is 1. The standard InChI is InChI=1S/C36H32Br2N2O3/c1-35(2,3)25-11-16-28(17-12-25)40-32(41)20-30(33(40)42)36(21-23-9-13-26(37)14-10-23)29-18-15-27(38)19-31(29)39(34(36)43)22-24-7-5-4-6-8-24/h4-19,30H,20-22H2,1-3H3/t30-,36+/m0/s1. The smallest absolute Gasteiger partial charge is 0.239 e. The number of fused-ring (bicyclic) bond motifs is 1. The SMILES string of the molecule is CC(C)(C)c1ccc(N2C(=O)C[C@H]([C@]3(Cc4ccc(Br)cc4)C(=O)N(Cc4ccccc4)c4cc(Br)ccc43)C2=O)cc1. The third-order valence-electron chi connectivity index (χ3n) is 8.67. The lowest BCUT2D eigenvalue weighted by Gasteiger charge is -2.33. The first-order chi connectivity index (χ1) is 20.5. The number of halogens is 2. The lowest BCUT2D eigenvalue weighted by atomic mass is 9.66. The van der Waals surface area contributed by atoms with Gasteiger partial charge in [-0.25, -0.2) is 0 Å². The van der Waals surface area contributed by atoms with E-state index in [1.165, 1.54) is 4.90 Å². The molecule has 0 aromatic heterocycles. The monoisotopic (exact) mass is 698 g/mol. The molecular formula is C36H32Br2N2O3. The van der Waals surface area contributed by atoms with Crippen molar-refractivity contribution in [3.63, 3.8) is 0 Å². The molecule has 7 heteroatoms. The number of hydrogen-bond acceptors (Lipinski definition) is 3. The van der Waals surface area contributed by atoms with E-state index < -0.39 is 11.3 Å². The predicted molar refractivity (Wildman–Crippen MR) is 177 cm³/mol. The summed E-state index contributed by atoms with van der Waals surface area (Å²) < 4.78 is 1.76.